The van der Waals surface area contributed by atoms with Crippen LogP contribution in [0.25, 0.3) is 32.9 Å². The number of thiophene rings is 1. The van der Waals surface area contributed by atoms with Crippen molar-refractivity contribution >= 4 is 45.0 Å². The Hall–Kier alpha value is -4.82. The van der Waals surface area contributed by atoms with Gasteiger partial charge in [-0.1, -0.05) is 53.7 Å². The maximum absolute atomic E-state index is 13.5. The van der Waals surface area contributed by atoms with Gasteiger partial charge >= 0.3 is 5.97 Å². The minimum atomic E-state index is -0.986. The molecule has 2 N–H and O–H groups in total. The third-order valence-corrected chi connectivity index (χ3v) is 7.19. The fourth-order valence-corrected chi connectivity index (χ4v) is 5.21. The summed E-state index contributed by atoms with van der Waals surface area (Å²) in [6, 6.07) is 26.8. The number of nitrogens with zero attached hydrogens (tertiary/aromatic N) is 3. The van der Waals surface area contributed by atoms with E-state index < -0.39 is 5.97 Å². The van der Waals surface area contributed by atoms with E-state index in [0.717, 1.165) is 33.0 Å². The SMILES string of the molecule is O=C(O)c1ccc(CNC(=O)c2cc(-c3ccsc3)cc3nnn(Cc4ccc5ccccc5c4)c23)cc1. The summed E-state index contributed by atoms with van der Waals surface area (Å²) in [4.78, 5) is 24.7. The second-order valence-electron chi connectivity index (χ2n) is 9.02. The summed E-state index contributed by atoms with van der Waals surface area (Å²) in [7, 11) is 0. The summed E-state index contributed by atoms with van der Waals surface area (Å²) in [6.45, 7) is 0.727. The van der Waals surface area contributed by atoms with Crippen molar-refractivity contribution in [2.24, 2.45) is 0 Å². The van der Waals surface area contributed by atoms with Crippen LogP contribution in [0.5, 0.6) is 0 Å². The van der Waals surface area contributed by atoms with Crippen molar-refractivity contribution in [2.75, 3.05) is 0 Å². The van der Waals surface area contributed by atoms with E-state index in [1.165, 1.54) is 12.1 Å². The Morgan fingerprint density at radius 2 is 1.66 bits per heavy atom. The number of aromatic carboxylic acids is 1. The van der Waals surface area contributed by atoms with Crippen LogP contribution in [-0.2, 0) is 13.1 Å². The van der Waals surface area contributed by atoms with Crippen molar-refractivity contribution in [2.45, 2.75) is 13.1 Å². The van der Waals surface area contributed by atoms with Crippen LogP contribution in [-0.4, -0.2) is 32.0 Å². The first-order valence-corrected chi connectivity index (χ1v) is 13.0. The summed E-state index contributed by atoms with van der Waals surface area (Å²) in [5.41, 5.74) is 5.76. The lowest BCUT2D eigenvalue weighted by molar-refractivity contribution is 0.0696. The molecule has 0 fully saturated rings. The van der Waals surface area contributed by atoms with E-state index in [1.54, 1.807) is 28.2 Å². The Balaban J connectivity index is 1.35. The van der Waals surface area contributed by atoms with Gasteiger partial charge in [0, 0.05) is 6.54 Å². The molecule has 4 aromatic carbocycles. The molecule has 0 aliphatic heterocycles. The first-order valence-electron chi connectivity index (χ1n) is 12.0. The van der Waals surface area contributed by atoms with Gasteiger partial charge in [-0.3, -0.25) is 4.79 Å². The molecule has 6 rings (SSSR count). The number of nitrogens with one attached hydrogen (secondary N) is 1. The lowest BCUT2D eigenvalue weighted by Gasteiger charge is -2.11. The van der Waals surface area contributed by atoms with E-state index in [9.17, 15) is 9.59 Å². The molecule has 0 saturated carbocycles. The van der Waals surface area contributed by atoms with Crippen molar-refractivity contribution in [3.05, 3.63) is 118 Å². The highest BCUT2D eigenvalue weighted by atomic mass is 32.1. The number of benzene rings is 4. The summed E-state index contributed by atoms with van der Waals surface area (Å²) in [6.07, 6.45) is 0. The first-order chi connectivity index (χ1) is 18.5. The Bertz CT molecular complexity index is 1790. The van der Waals surface area contributed by atoms with Gasteiger partial charge in [0.15, 0.2) is 0 Å². The molecule has 0 aliphatic carbocycles. The van der Waals surface area contributed by atoms with Crippen molar-refractivity contribution in [1.29, 1.82) is 0 Å². The van der Waals surface area contributed by atoms with E-state index in [0.29, 0.717) is 23.1 Å². The van der Waals surface area contributed by atoms with E-state index in [1.807, 2.05) is 41.1 Å². The minimum Gasteiger partial charge on any atom is -0.478 e. The summed E-state index contributed by atoms with van der Waals surface area (Å²) in [5.74, 6) is -1.24. The predicted molar refractivity (Wildman–Crippen MR) is 148 cm³/mol. The normalized spacial score (nSPS) is 11.2. The number of carbonyl (C=O) groups is 2. The van der Waals surface area contributed by atoms with Crippen LogP contribution < -0.4 is 5.32 Å². The van der Waals surface area contributed by atoms with E-state index in [-0.39, 0.29) is 18.0 Å². The molecule has 0 aliphatic rings. The molecule has 1 amide bonds. The number of carboxylic acids is 1. The predicted octanol–water partition coefficient (Wildman–Crippen LogP) is 5.99. The van der Waals surface area contributed by atoms with Crippen LogP contribution in [0.2, 0.25) is 0 Å². The van der Waals surface area contributed by atoms with Crippen LogP contribution in [0, 0.1) is 0 Å². The maximum atomic E-state index is 13.5. The topological polar surface area (TPSA) is 97.1 Å². The average molecular weight is 519 g/mol. The second-order valence-corrected chi connectivity index (χ2v) is 9.80. The summed E-state index contributed by atoms with van der Waals surface area (Å²) >= 11 is 1.59. The molecule has 6 aromatic rings. The number of rotatable bonds is 7. The first kappa shape index (κ1) is 23.6. The monoisotopic (exact) mass is 518 g/mol. The number of hydrogen-bond acceptors (Lipinski definition) is 5. The molecule has 2 heterocycles. The van der Waals surface area contributed by atoms with E-state index in [4.69, 9.17) is 5.11 Å². The van der Waals surface area contributed by atoms with Crippen LogP contribution >= 0.6 is 11.3 Å². The molecule has 0 radical (unpaired) electrons. The molecular weight excluding hydrogens is 496 g/mol. The second kappa shape index (κ2) is 9.91. The number of amides is 1. The Kier molecular flexibility index (Phi) is 6.15. The minimum absolute atomic E-state index is 0.203. The largest absolute Gasteiger partial charge is 0.478 e. The average Bonchev–Trinajstić information content (AvgIpc) is 3.62. The van der Waals surface area contributed by atoms with Crippen molar-refractivity contribution in [3.8, 4) is 11.1 Å². The van der Waals surface area contributed by atoms with E-state index >= 15 is 0 Å². The van der Waals surface area contributed by atoms with Gasteiger partial charge in [0.25, 0.3) is 5.91 Å². The van der Waals surface area contributed by atoms with Gasteiger partial charge in [-0.15, -0.1) is 5.10 Å². The van der Waals surface area contributed by atoms with Gasteiger partial charge in [0.05, 0.1) is 17.7 Å². The standard InChI is InChI=1S/C30H22N4O3S/c35-29(31-16-19-5-9-22(10-6-19)30(36)37)26-14-25(24-11-12-38-18-24)15-27-28(26)34(33-32-27)17-20-7-8-21-3-1-2-4-23(21)13-20/h1-15,18H,16-17H2,(H,31,35)(H,36,37). The molecule has 38 heavy (non-hydrogen) atoms. The third-order valence-electron chi connectivity index (χ3n) is 6.51. The molecule has 0 saturated heterocycles. The highest BCUT2D eigenvalue weighted by Gasteiger charge is 2.19. The zero-order chi connectivity index (χ0) is 26.1. The molecule has 7 nitrogen and oxygen atoms in total. The number of hydrogen-bond donors (Lipinski definition) is 2. The van der Waals surface area contributed by atoms with Crippen LogP contribution in [0.15, 0.2) is 95.7 Å². The molecule has 0 atom stereocenters. The fraction of sp³-hybridized carbons (Fsp3) is 0.0667. The quantitative estimate of drug-likeness (QED) is 0.271. The Morgan fingerprint density at radius 1 is 0.868 bits per heavy atom. The number of fused-ring (bicyclic) bond motifs is 2. The highest BCUT2D eigenvalue weighted by molar-refractivity contribution is 7.08. The van der Waals surface area contributed by atoms with Gasteiger partial charge in [-0.25, -0.2) is 9.48 Å². The maximum Gasteiger partial charge on any atom is 0.335 e. The van der Waals surface area contributed by atoms with Crippen molar-refractivity contribution in [3.63, 3.8) is 0 Å². The molecule has 0 bridgehead atoms. The number of carboxylic acid groups (broad SMARTS) is 1. The number of carbonyl (C=O) groups excluding carboxylic acids is 1. The molecule has 0 spiro atoms. The zero-order valence-corrected chi connectivity index (χ0v) is 21.0. The van der Waals surface area contributed by atoms with Crippen LogP contribution in [0.4, 0.5) is 0 Å². The highest BCUT2D eigenvalue weighted by Crippen LogP contribution is 2.29. The van der Waals surface area contributed by atoms with Gasteiger partial charge in [-0.2, -0.15) is 11.3 Å². The molecule has 8 heteroatoms. The van der Waals surface area contributed by atoms with Crippen LogP contribution in [0.1, 0.15) is 31.8 Å². The fourth-order valence-electron chi connectivity index (χ4n) is 4.55. The smallest absolute Gasteiger partial charge is 0.335 e. The Labute approximate surface area is 222 Å². The summed E-state index contributed by atoms with van der Waals surface area (Å²) in [5, 5.41) is 27.3. The van der Waals surface area contributed by atoms with Gasteiger partial charge in [0.2, 0.25) is 0 Å². The lowest BCUT2D eigenvalue weighted by Crippen LogP contribution is -2.24. The third kappa shape index (κ3) is 4.65. The molecular formula is C30H22N4O3S. The van der Waals surface area contributed by atoms with Gasteiger partial charge in [-0.05, 0) is 80.2 Å². The molecule has 2 aromatic heterocycles. The zero-order valence-electron chi connectivity index (χ0n) is 20.2. The van der Waals surface area contributed by atoms with Crippen LogP contribution in [0.3, 0.4) is 0 Å². The Morgan fingerprint density at radius 3 is 2.42 bits per heavy atom. The van der Waals surface area contributed by atoms with Crippen molar-refractivity contribution in [1.82, 2.24) is 20.3 Å². The number of aromatic nitrogens is 3. The summed E-state index contributed by atoms with van der Waals surface area (Å²) < 4.78 is 1.77. The van der Waals surface area contributed by atoms with Gasteiger partial charge in [0.1, 0.15) is 11.0 Å². The molecule has 0 unspecified atom stereocenters. The van der Waals surface area contributed by atoms with E-state index in [2.05, 4.69) is 46.0 Å². The molecule has 186 valence electrons. The van der Waals surface area contributed by atoms with Crippen molar-refractivity contribution < 1.29 is 14.7 Å². The van der Waals surface area contributed by atoms with Gasteiger partial charge < -0.3 is 10.4 Å². The lowest BCUT2D eigenvalue weighted by atomic mass is 10.0.